The molecule has 2 heterocycles. The first-order valence-electron chi connectivity index (χ1n) is 7.77. The Morgan fingerprint density at radius 2 is 2.00 bits per heavy atom. The van der Waals surface area contributed by atoms with Gasteiger partial charge in [-0.2, -0.15) is 13.2 Å². The van der Waals surface area contributed by atoms with Crippen LogP contribution in [0.4, 0.5) is 13.2 Å². The van der Waals surface area contributed by atoms with Gasteiger partial charge in [0, 0.05) is 13.1 Å². The molecule has 2 atom stereocenters. The van der Waals surface area contributed by atoms with Crippen LogP contribution in [0.1, 0.15) is 17.8 Å². The van der Waals surface area contributed by atoms with Gasteiger partial charge in [0.05, 0.1) is 22.6 Å². The number of aromatic nitrogens is 1. The highest BCUT2D eigenvalue weighted by Crippen LogP contribution is 2.44. The largest absolute Gasteiger partial charge is 0.481 e. The number of halogens is 3. The van der Waals surface area contributed by atoms with Gasteiger partial charge in [0.25, 0.3) is 0 Å². The first-order valence-corrected chi connectivity index (χ1v) is 8.59. The van der Waals surface area contributed by atoms with E-state index in [1.165, 1.54) is 6.07 Å². The van der Waals surface area contributed by atoms with Gasteiger partial charge < -0.3 is 15.1 Å². The van der Waals surface area contributed by atoms with Crippen LogP contribution in [0.25, 0.3) is 10.2 Å². The Labute approximate surface area is 149 Å². The van der Waals surface area contributed by atoms with Crippen molar-refractivity contribution in [2.45, 2.75) is 24.6 Å². The summed E-state index contributed by atoms with van der Waals surface area (Å²) in [5.41, 5.74) is -3.12. The molecule has 140 valence electrons. The average Bonchev–Trinajstić information content (AvgIpc) is 3.20. The summed E-state index contributed by atoms with van der Waals surface area (Å²) in [5, 5.41) is 18.7. The van der Waals surface area contributed by atoms with Crippen molar-refractivity contribution < 1.29 is 33.0 Å². The van der Waals surface area contributed by atoms with E-state index < -0.39 is 41.0 Å². The number of aliphatic hydroxyl groups is 1. The fraction of sp³-hybridized carbons (Fsp3) is 0.438. The van der Waals surface area contributed by atoms with E-state index in [0.29, 0.717) is 21.6 Å². The van der Waals surface area contributed by atoms with E-state index in [1.807, 2.05) is 0 Å². The molecule has 1 aliphatic rings. The second kappa shape index (κ2) is 6.51. The Kier molecular flexibility index (Phi) is 4.65. The highest BCUT2D eigenvalue weighted by atomic mass is 32.1. The number of benzene rings is 1. The third-order valence-electron chi connectivity index (χ3n) is 4.41. The van der Waals surface area contributed by atoms with Crippen LogP contribution in [0.15, 0.2) is 24.3 Å². The van der Waals surface area contributed by atoms with Gasteiger partial charge in [-0.25, -0.2) is 4.98 Å². The molecule has 2 unspecified atom stereocenters. The minimum absolute atomic E-state index is 0.0452. The number of amides is 1. The molecule has 0 aliphatic carbocycles. The number of carboxylic acid groups (broad SMARTS) is 1. The van der Waals surface area contributed by atoms with Crippen LogP contribution < -0.4 is 0 Å². The molecule has 26 heavy (non-hydrogen) atoms. The second-order valence-corrected chi connectivity index (χ2v) is 7.22. The Morgan fingerprint density at radius 1 is 1.31 bits per heavy atom. The molecule has 1 amide bonds. The van der Waals surface area contributed by atoms with E-state index in [0.717, 1.165) is 4.90 Å². The molecule has 1 saturated heterocycles. The summed E-state index contributed by atoms with van der Waals surface area (Å²) in [7, 11) is 0. The third kappa shape index (κ3) is 3.26. The first kappa shape index (κ1) is 18.6. The SMILES string of the molecule is O=C(O)C1CCN(C(=O)CC(O)(c2nc3ccccc3s2)C(F)(F)F)C1. The molecule has 1 aliphatic heterocycles. The van der Waals surface area contributed by atoms with Crippen molar-refractivity contribution in [1.82, 2.24) is 9.88 Å². The number of thiazole rings is 1. The van der Waals surface area contributed by atoms with Crippen molar-refractivity contribution in [1.29, 1.82) is 0 Å². The van der Waals surface area contributed by atoms with E-state index in [4.69, 9.17) is 5.11 Å². The number of aliphatic carboxylic acids is 1. The number of carbonyl (C=O) groups excluding carboxylic acids is 1. The van der Waals surface area contributed by atoms with Crippen molar-refractivity contribution in [2.24, 2.45) is 5.92 Å². The molecule has 6 nitrogen and oxygen atoms in total. The van der Waals surface area contributed by atoms with Crippen LogP contribution in [0.3, 0.4) is 0 Å². The summed E-state index contributed by atoms with van der Waals surface area (Å²) >= 11 is 0.675. The van der Waals surface area contributed by atoms with Crippen LogP contribution in [0.5, 0.6) is 0 Å². The molecular weight excluding hydrogens is 373 g/mol. The Balaban J connectivity index is 1.88. The van der Waals surface area contributed by atoms with Crippen LogP contribution in [-0.4, -0.2) is 51.2 Å². The van der Waals surface area contributed by atoms with E-state index >= 15 is 0 Å². The molecule has 3 rings (SSSR count). The lowest BCUT2D eigenvalue weighted by molar-refractivity contribution is -0.268. The predicted molar refractivity (Wildman–Crippen MR) is 86.5 cm³/mol. The molecular formula is C16H15F3N2O4S. The number of carbonyl (C=O) groups is 2. The molecule has 0 radical (unpaired) electrons. The first-order chi connectivity index (χ1) is 12.1. The zero-order chi connectivity index (χ0) is 19.1. The lowest BCUT2D eigenvalue weighted by Crippen LogP contribution is -2.46. The van der Waals surface area contributed by atoms with E-state index in [2.05, 4.69) is 4.98 Å². The van der Waals surface area contributed by atoms with E-state index in [1.54, 1.807) is 18.2 Å². The molecule has 2 N–H and O–H groups in total. The summed E-state index contributed by atoms with van der Waals surface area (Å²) in [4.78, 5) is 28.2. The molecule has 1 fully saturated rings. The highest BCUT2D eigenvalue weighted by Gasteiger charge is 2.58. The van der Waals surface area contributed by atoms with Crippen molar-refractivity contribution in [3.63, 3.8) is 0 Å². The molecule has 1 aromatic carbocycles. The minimum Gasteiger partial charge on any atom is -0.481 e. The number of alkyl halides is 3. The molecule has 2 aromatic rings. The number of fused-ring (bicyclic) bond motifs is 1. The Morgan fingerprint density at radius 3 is 2.58 bits per heavy atom. The smallest absolute Gasteiger partial charge is 0.424 e. The van der Waals surface area contributed by atoms with E-state index in [9.17, 15) is 27.9 Å². The lowest BCUT2D eigenvalue weighted by Gasteiger charge is -2.29. The van der Waals surface area contributed by atoms with Gasteiger partial charge in [-0.05, 0) is 18.6 Å². The maximum Gasteiger partial charge on any atom is 0.424 e. The summed E-state index contributed by atoms with van der Waals surface area (Å²) in [6, 6.07) is 6.34. The highest BCUT2D eigenvalue weighted by molar-refractivity contribution is 7.18. The predicted octanol–water partition coefficient (Wildman–Crippen LogP) is 2.37. The number of rotatable bonds is 4. The monoisotopic (exact) mass is 388 g/mol. The molecule has 0 spiro atoms. The number of nitrogens with zero attached hydrogens (tertiary/aromatic N) is 2. The summed E-state index contributed by atoms with van der Waals surface area (Å²) in [6.07, 6.45) is -6.17. The summed E-state index contributed by atoms with van der Waals surface area (Å²) in [6.45, 7) is -0.120. The minimum atomic E-state index is -5.11. The number of carboxylic acids is 1. The molecule has 0 bridgehead atoms. The second-order valence-electron chi connectivity index (χ2n) is 6.19. The number of hydrogen-bond donors (Lipinski definition) is 2. The Hall–Kier alpha value is -2.20. The standard InChI is InChI=1S/C16H15F3N2O4S/c17-16(18,19)15(25,14-20-10-3-1-2-4-11(10)26-14)7-12(22)21-6-5-9(8-21)13(23)24/h1-4,9,25H,5-8H2,(H,23,24). The Bertz CT molecular complexity index is 820. The van der Waals surface area contributed by atoms with Crippen molar-refractivity contribution >= 4 is 33.4 Å². The van der Waals surface area contributed by atoms with Crippen LogP contribution in [-0.2, 0) is 15.2 Å². The number of para-hydroxylation sites is 1. The van der Waals surface area contributed by atoms with Crippen molar-refractivity contribution in [3.8, 4) is 0 Å². The van der Waals surface area contributed by atoms with Gasteiger partial charge in [0.2, 0.25) is 11.5 Å². The third-order valence-corrected chi connectivity index (χ3v) is 5.60. The number of likely N-dealkylation sites (tertiary alicyclic amines) is 1. The molecule has 1 aromatic heterocycles. The van der Waals surface area contributed by atoms with Crippen molar-refractivity contribution in [3.05, 3.63) is 29.3 Å². The van der Waals surface area contributed by atoms with Crippen LogP contribution in [0.2, 0.25) is 0 Å². The van der Waals surface area contributed by atoms with E-state index in [-0.39, 0.29) is 19.5 Å². The topological polar surface area (TPSA) is 90.7 Å². The fourth-order valence-corrected chi connectivity index (χ4v) is 3.94. The maximum atomic E-state index is 13.6. The molecule has 0 saturated carbocycles. The van der Waals surface area contributed by atoms with Gasteiger partial charge in [-0.1, -0.05) is 12.1 Å². The maximum absolute atomic E-state index is 13.6. The van der Waals surface area contributed by atoms with Gasteiger partial charge in [0.15, 0.2) is 0 Å². The fourth-order valence-electron chi connectivity index (χ4n) is 2.87. The van der Waals surface area contributed by atoms with Crippen LogP contribution in [0, 0.1) is 5.92 Å². The number of hydrogen-bond acceptors (Lipinski definition) is 5. The zero-order valence-electron chi connectivity index (χ0n) is 13.4. The van der Waals surface area contributed by atoms with Crippen LogP contribution >= 0.6 is 11.3 Å². The quantitative estimate of drug-likeness (QED) is 0.839. The van der Waals surface area contributed by atoms with Gasteiger partial charge in [-0.15, -0.1) is 11.3 Å². The lowest BCUT2D eigenvalue weighted by atomic mass is 9.99. The summed E-state index contributed by atoms with van der Waals surface area (Å²) in [5.74, 6) is -2.86. The zero-order valence-corrected chi connectivity index (χ0v) is 14.2. The van der Waals surface area contributed by atoms with Gasteiger partial charge in [-0.3, -0.25) is 9.59 Å². The van der Waals surface area contributed by atoms with Crippen molar-refractivity contribution in [2.75, 3.05) is 13.1 Å². The molecule has 10 heteroatoms. The van der Waals surface area contributed by atoms with Gasteiger partial charge >= 0.3 is 12.1 Å². The normalized spacial score (nSPS) is 20.3. The van der Waals surface area contributed by atoms with Gasteiger partial charge in [0.1, 0.15) is 5.01 Å². The average molecular weight is 388 g/mol. The summed E-state index contributed by atoms with van der Waals surface area (Å²) < 4.78 is 41.3.